The van der Waals surface area contributed by atoms with Crippen molar-refractivity contribution in [2.75, 3.05) is 0 Å². The molecule has 0 bridgehead atoms. The second kappa shape index (κ2) is 5.95. The molecule has 0 amide bonds. The van der Waals surface area contributed by atoms with E-state index < -0.39 is 0 Å². The minimum Gasteiger partial charge on any atom is -0.491 e. The summed E-state index contributed by atoms with van der Waals surface area (Å²) in [5.74, 6) is 1.78. The first-order chi connectivity index (χ1) is 10.9. The van der Waals surface area contributed by atoms with Gasteiger partial charge in [0.2, 0.25) is 0 Å². The highest BCUT2D eigenvalue weighted by atomic mass is 16.5. The van der Waals surface area contributed by atoms with Crippen molar-refractivity contribution in [3.05, 3.63) is 46.6 Å². The van der Waals surface area contributed by atoms with E-state index in [1.807, 2.05) is 52.0 Å². The molecule has 0 atom stereocenters. The first kappa shape index (κ1) is 15.4. The number of hydrogen-bond donors (Lipinski definition) is 0. The second-order valence-electron chi connectivity index (χ2n) is 6.11. The topological polar surface area (TPSA) is 48.7 Å². The Morgan fingerprint density at radius 2 is 1.57 bits per heavy atom. The summed E-state index contributed by atoms with van der Waals surface area (Å²) in [6.07, 6.45) is 0.0885. The third kappa shape index (κ3) is 3.31. The molecule has 23 heavy (non-hydrogen) atoms. The molecule has 1 aromatic carbocycles. The fourth-order valence-corrected chi connectivity index (χ4v) is 2.49. The third-order valence-electron chi connectivity index (χ3n) is 3.33. The molecular formula is C19H20O4. The van der Waals surface area contributed by atoms with Crippen molar-refractivity contribution in [3.63, 3.8) is 0 Å². The van der Waals surface area contributed by atoms with Gasteiger partial charge >= 0.3 is 0 Å². The summed E-state index contributed by atoms with van der Waals surface area (Å²) in [6, 6.07) is 10.7. The van der Waals surface area contributed by atoms with E-state index in [0.717, 1.165) is 11.1 Å². The van der Waals surface area contributed by atoms with Gasteiger partial charge in [-0.2, -0.15) is 0 Å². The Balaban J connectivity index is 2.14. The van der Waals surface area contributed by atoms with Crippen LogP contribution < -0.4 is 14.9 Å². The summed E-state index contributed by atoms with van der Waals surface area (Å²) >= 11 is 0. The average Bonchev–Trinajstić information content (AvgIpc) is 2.44. The summed E-state index contributed by atoms with van der Waals surface area (Å²) in [5, 5.41) is 0.864. The van der Waals surface area contributed by atoms with Crippen LogP contribution in [0.5, 0.6) is 11.5 Å². The largest absolute Gasteiger partial charge is 0.491 e. The molecule has 0 saturated heterocycles. The summed E-state index contributed by atoms with van der Waals surface area (Å²) in [5.41, 5.74) is 1.12. The van der Waals surface area contributed by atoms with Crippen molar-refractivity contribution in [2.24, 2.45) is 0 Å². The number of fused-ring (bicyclic) bond motifs is 2. The van der Waals surface area contributed by atoms with Crippen molar-refractivity contribution < 1.29 is 13.9 Å². The molecule has 1 heterocycles. The molecule has 4 nitrogen and oxygen atoms in total. The molecule has 1 aromatic rings. The zero-order chi connectivity index (χ0) is 16.6. The predicted molar refractivity (Wildman–Crippen MR) is 90.6 cm³/mol. The maximum atomic E-state index is 12.3. The Morgan fingerprint density at radius 1 is 0.870 bits per heavy atom. The van der Waals surface area contributed by atoms with Crippen LogP contribution in [-0.2, 0) is 0 Å². The second-order valence-corrected chi connectivity index (χ2v) is 6.11. The molecule has 4 heteroatoms. The molecule has 0 radical (unpaired) electrons. The lowest BCUT2D eigenvalue weighted by molar-refractivity contribution is 0.242. The zero-order valence-corrected chi connectivity index (χ0v) is 13.8. The van der Waals surface area contributed by atoms with Gasteiger partial charge in [0.1, 0.15) is 22.8 Å². The molecule has 0 N–H and O–H groups in total. The van der Waals surface area contributed by atoms with Gasteiger partial charge in [0, 0.05) is 23.6 Å². The zero-order valence-electron chi connectivity index (χ0n) is 13.8. The number of hydrogen-bond acceptors (Lipinski definition) is 4. The highest BCUT2D eigenvalue weighted by Crippen LogP contribution is 2.31. The van der Waals surface area contributed by atoms with Crippen LogP contribution in [0.1, 0.15) is 27.7 Å². The molecule has 1 aliphatic carbocycles. The van der Waals surface area contributed by atoms with Crippen molar-refractivity contribution in [2.45, 2.75) is 39.9 Å². The van der Waals surface area contributed by atoms with Crippen LogP contribution in [0, 0.1) is 0 Å². The van der Waals surface area contributed by atoms with Crippen LogP contribution in [0.15, 0.2) is 45.6 Å². The van der Waals surface area contributed by atoms with Gasteiger partial charge in [-0.15, -0.1) is 0 Å². The molecule has 1 aliphatic heterocycles. The summed E-state index contributed by atoms with van der Waals surface area (Å²) in [6.45, 7) is 7.78. The van der Waals surface area contributed by atoms with Crippen LogP contribution in [0.2, 0.25) is 0 Å². The summed E-state index contributed by atoms with van der Waals surface area (Å²) < 4.78 is 17.2. The van der Waals surface area contributed by atoms with E-state index in [1.54, 1.807) is 6.07 Å². The fraction of sp³-hybridized carbons (Fsp3) is 0.316. The normalized spacial score (nSPS) is 11.6. The van der Waals surface area contributed by atoms with E-state index in [2.05, 4.69) is 0 Å². The molecule has 0 fully saturated rings. The van der Waals surface area contributed by atoms with E-state index in [-0.39, 0.29) is 17.6 Å². The van der Waals surface area contributed by atoms with Crippen molar-refractivity contribution in [1.82, 2.24) is 0 Å². The average molecular weight is 312 g/mol. The summed E-state index contributed by atoms with van der Waals surface area (Å²) in [4.78, 5) is 12.3. The van der Waals surface area contributed by atoms with Crippen LogP contribution >= 0.6 is 0 Å². The van der Waals surface area contributed by atoms with E-state index in [1.165, 1.54) is 6.07 Å². The van der Waals surface area contributed by atoms with Gasteiger partial charge in [-0.25, -0.2) is 0 Å². The first-order valence-electron chi connectivity index (χ1n) is 7.77. The van der Waals surface area contributed by atoms with E-state index >= 15 is 0 Å². The number of rotatable bonds is 4. The Kier molecular flexibility index (Phi) is 3.99. The Bertz CT molecular complexity index is 861. The fourth-order valence-electron chi connectivity index (χ4n) is 2.49. The quantitative estimate of drug-likeness (QED) is 0.667. The van der Waals surface area contributed by atoms with Crippen molar-refractivity contribution in [3.8, 4) is 22.8 Å². The Morgan fingerprint density at radius 3 is 2.26 bits per heavy atom. The highest BCUT2D eigenvalue weighted by molar-refractivity contribution is 5.84. The molecular weight excluding hydrogens is 292 g/mol. The Hall–Kier alpha value is -2.49. The van der Waals surface area contributed by atoms with Gasteiger partial charge in [0.25, 0.3) is 0 Å². The molecule has 0 spiro atoms. The molecule has 0 saturated carbocycles. The third-order valence-corrected chi connectivity index (χ3v) is 3.33. The first-order valence-corrected chi connectivity index (χ1v) is 7.77. The maximum Gasteiger partial charge on any atom is 0.193 e. The SMILES string of the molecule is CC(C)Oc1cc2oc3cc(OC(C)C)ccc3cc-2c(=O)c1. The minimum absolute atomic E-state index is 0.00153. The lowest BCUT2D eigenvalue weighted by atomic mass is 10.1. The van der Waals surface area contributed by atoms with Crippen LogP contribution in [0.25, 0.3) is 22.3 Å². The van der Waals surface area contributed by atoms with Gasteiger partial charge in [-0.3, -0.25) is 4.79 Å². The molecule has 0 unspecified atom stereocenters. The van der Waals surface area contributed by atoms with Gasteiger partial charge in [-0.1, -0.05) is 0 Å². The Labute approximate surface area is 135 Å². The molecule has 0 aromatic heterocycles. The van der Waals surface area contributed by atoms with Crippen LogP contribution in [0.4, 0.5) is 0 Å². The lowest BCUT2D eigenvalue weighted by Gasteiger charge is -2.13. The van der Waals surface area contributed by atoms with Crippen molar-refractivity contribution >= 4 is 11.0 Å². The van der Waals surface area contributed by atoms with E-state index in [4.69, 9.17) is 13.9 Å². The van der Waals surface area contributed by atoms with Crippen LogP contribution in [-0.4, -0.2) is 12.2 Å². The minimum atomic E-state index is -0.105. The molecule has 3 rings (SSSR count). The van der Waals surface area contributed by atoms with Gasteiger partial charge in [-0.05, 0) is 45.9 Å². The van der Waals surface area contributed by atoms with Crippen LogP contribution in [0.3, 0.4) is 0 Å². The number of benzene rings is 2. The van der Waals surface area contributed by atoms with Gasteiger partial charge < -0.3 is 13.9 Å². The molecule has 120 valence electrons. The highest BCUT2D eigenvalue weighted by Gasteiger charge is 2.14. The standard InChI is InChI=1S/C19H20O4/c1-11(2)21-14-6-5-13-7-16-17(20)8-15(22-12(3)4)10-19(16)23-18(13)9-14/h5-12H,1-4H3. The lowest BCUT2D eigenvalue weighted by Crippen LogP contribution is -2.10. The maximum absolute atomic E-state index is 12.3. The van der Waals surface area contributed by atoms with E-state index in [0.29, 0.717) is 22.7 Å². The van der Waals surface area contributed by atoms with Gasteiger partial charge in [0.15, 0.2) is 5.43 Å². The van der Waals surface area contributed by atoms with E-state index in [9.17, 15) is 4.79 Å². The predicted octanol–water partition coefficient (Wildman–Crippen LogP) is 4.47. The monoisotopic (exact) mass is 312 g/mol. The molecule has 2 aliphatic rings. The summed E-state index contributed by atoms with van der Waals surface area (Å²) in [7, 11) is 0. The van der Waals surface area contributed by atoms with Crippen molar-refractivity contribution in [1.29, 1.82) is 0 Å². The smallest absolute Gasteiger partial charge is 0.193 e. The number of ether oxygens (including phenoxy) is 2. The van der Waals surface area contributed by atoms with Gasteiger partial charge in [0.05, 0.1) is 17.8 Å².